The number of benzene rings is 1. The molecule has 1 aromatic carbocycles. The summed E-state index contributed by atoms with van der Waals surface area (Å²) < 4.78 is 1.43. The number of nitrogens with zero attached hydrogens (tertiary/aromatic N) is 3. The summed E-state index contributed by atoms with van der Waals surface area (Å²) in [6.45, 7) is 5.25. The second-order valence-electron chi connectivity index (χ2n) is 5.32. The van der Waals surface area contributed by atoms with Crippen LogP contribution >= 0.6 is 31.9 Å². The number of unbranched alkanes of at least 4 members (excludes halogenated alkanes) is 1. The van der Waals surface area contributed by atoms with E-state index in [0.29, 0.717) is 26.2 Å². The van der Waals surface area contributed by atoms with Gasteiger partial charge in [-0.15, -0.1) is 0 Å². The van der Waals surface area contributed by atoms with E-state index in [4.69, 9.17) is 11.5 Å². The first-order valence-electron chi connectivity index (χ1n) is 7.26. The summed E-state index contributed by atoms with van der Waals surface area (Å²) in [7, 11) is 0. The second-order valence-corrected chi connectivity index (χ2v) is 6.91. The van der Waals surface area contributed by atoms with E-state index in [0.717, 1.165) is 24.0 Å². The summed E-state index contributed by atoms with van der Waals surface area (Å²) in [5.74, 6) is 0.596. The first-order chi connectivity index (χ1) is 9.99. The van der Waals surface area contributed by atoms with Gasteiger partial charge in [0, 0.05) is 0 Å². The fraction of sp³-hybridized carbons (Fsp3) is 0.571. The van der Waals surface area contributed by atoms with E-state index in [1.807, 2.05) is 0 Å². The Balaban J connectivity index is 2.35. The molecule has 5 nitrogen and oxygen atoms in total. The molecule has 1 heterocycles. The molecule has 0 aliphatic carbocycles. The van der Waals surface area contributed by atoms with Crippen molar-refractivity contribution in [2.24, 2.45) is 5.92 Å². The van der Waals surface area contributed by atoms with E-state index in [9.17, 15) is 0 Å². The van der Waals surface area contributed by atoms with Gasteiger partial charge in [-0.05, 0) is 44.2 Å². The Kier molecular flexibility index (Phi) is 5.48. The van der Waals surface area contributed by atoms with E-state index in [-0.39, 0.29) is 0 Å². The zero-order valence-electron chi connectivity index (χ0n) is 12.4. The third-order valence-electron chi connectivity index (χ3n) is 3.80. The van der Waals surface area contributed by atoms with E-state index in [2.05, 4.69) is 55.9 Å². The van der Waals surface area contributed by atoms with Gasteiger partial charge < -0.3 is 11.5 Å². The molecule has 0 radical (unpaired) electrons. The SMILES string of the molecule is CCCCC(CC)Cn1nc2c(Br)c(N)c(N)c(Br)c2n1. The van der Waals surface area contributed by atoms with Crippen molar-refractivity contribution in [2.45, 2.75) is 46.1 Å². The van der Waals surface area contributed by atoms with Crippen molar-refractivity contribution in [1.29, 1.82) is 0 Å². The van der Waals surface area contributed by atoms with Gasteiger partial charge in [0.05, 0.1) is 26.9 Å². The molecule has 0 aliphatic rings. The summed E-state index contributed by atoms with van der Waals surface area (Å²) in [5, 5.41) is 9.13. The molecule has 0 saturated heterocycles. The van der Waals surface area contributed by atoms with Crippen LogP contribution in [0.4, 0.5) is 11.4 Å². The lowest BCUT2D eigenvalue weighted by Crippen LogP contribution is -2.12. The fourth-order valence-corrected chi connectivity index (χ4v) is 3.33. The minimum atomic E-state index is 0.499. The molecule has 4 N–H and O–H groups in total. The van der Waals surface area contributed by atoms with Crippen molar-refractivity contribution in [3.8, 4) is 0 Å². The smallest absolute Gasteiger partial charge is 0.130 e. The van der Waals surface area contributed by atoms with Gasteiger partial charge in [-0.25, -0.2) is 0 Å². The molecule has 0 amide bonds. The van der Waals surface area contributed by atoms with Gasteiger partial charge in [-0.1, -0.05) is 33.1 Å². The van der Waals surface area contributed by atoms with Crippen LogP contribution in [0.15, 0.2) is 8.95 Å². The van der Waals surface area contributed by atoms with Crippen molar-refractivity contribution in [3.63, 3.8) is 0 Å². The van der Waals surface area contributed by atoms with E-state index in [1.54, 1.807) is 4.80 Å². The molecule has 0 aliphatic heterocycles. The van der Waals surface area contributed by atoms with E-state index >= 15 is 0 Å². The Morgan fingerprint density at radius 2 is 1.57 bits per heavy atom. The first kappa shape index (κ1) is 16.5. The molecule has 1 atom stereocenters. The predicted octanol–water partition coefficient (Wildman–Crippen LogP) is 4.34. The lowest BCUT2D eigenvalue weighted by molar-refractivity contribution is 0.351. The summed E-state index contributed by atoms with van der Waals surface area (Å²) in [6, 6.07) is 0. The van der Waals surface area contributed by atoms with Crippen LogP contribution in [0.25, 0.3) is 11.0 Å². The number of anilines is 2. The third kappa shape index (κ3) is 3.34. The second kappa shape index (κ2) is 6.96. The van der Waals surface area contributed by atoms with Gasteiger partial charge in [0.1, 0.15) is 11.0 Å². The van der Waals surface area contributed by atoms with Gasteiger partial charge in [-0.3, -0.25) is 0 Å². The molecule has 0 spiro atoms. The quantitative estimate of drug-likeness (QED) is 0.683. The van der Waals surface area contributed by atoms with Crippen LogP contribution in [0.3, 0.4) is 0 Å². The van der Waals surface area contributed by atoms with Gasteiger partial charge >= 0.3 is 0 Å². The zero-order chi connectivity index (χ0) is 15.6. The van der Waals surface area contributed by atoms with Crippen molar-refractivity contribution >= 4 is 54.3 Å². The molecule has 116 valence electrons. The van der Waals surface area contributed by atoms with Gasteiger partial charge in [-0.2, -0.15) is 15.0 Å². The first-order valence-corrected chi connectivity index (χ1v) is 8.84. The number of hydrogen-bond donors (Lipinski definition) is 2. The molecule has 1 unspecified atom stereocenters. The van der Waals surface area contributed by atoms with Gasteiger partial charge in [0.15, 0.2) is 0 Å². The lowest BCUT2D eigenvalue weighted by atomic mass is 10.00. The highest BCUT2D eigenvalue weighted by molar-refractivity contribution is 9.11. The molecule has 0 bridgehead atoms. The monoisotopic (exact) mass is 417 g/mol. The predicted molar refractivity (Wildman–Crippen MR) is 95.1 cm³/mol. The molecule has 2 aromatic rings. The van der Waals surface area contributed by atoms with Crippen molar-refractivity contribution in [3.05, 3.63) is 8.95 Å². The largest absolute Gasteiger partial charge is 0.396 e. The molecular formula is C14H21Br2N5. The number of nitrogen functional groups attached to an aromatic ring is 2. The normalized spacial score (nSPS) is 13.0. The van der Waals surface area contributed by atoms with Crippen LogP contribution in [0.1, 0.15) is 39.5 Å². The van der Waals surface area contributed by atoms with Crippen molar-refractivity contribution < 1.29 is 0 Å². The highest BCUT2D eigenvalue weighted by Crippen LogP contribution is 2.39. The van der Waals surface area contributed by atoms with Crippen molar-refractivity contribution in [2.75, 3.05) is 11.5 Å². The fourth-order valence-electron chi connectivity index (χ4n) is 2.37. The van der Waals surface area contributed by atoms with Crippen LogP contribution in [0, 0.1) is 5.92 Å². The molecule has 0 saturated carbocycles. The van der Waals surface area contributed by atoms with Crippen LogP contribution in [-0.2, 0) is 6.54 Å². The number of halogens is 2. The number of hydrogen-bond acceptors (Lipinski definition) is 4. The molecule has 21 heavy (non-hydrogen) atoms. The summed E-state index contributed by atoms with van der Waals surface area (Å²) in [5.41, 5.74) is 14.4. The maximum absolute atomic E-state index is 5.97. The Labute approximate surface area is 141 Å². The Morgan fingerprint density at radius 3 is 2.00 bits per heavy atom. The van der Waals surface area contributed by atoms with Gasteiger partial charge in [0.2, 0.25) is 0 Å². The molecular weight excluding hydrogens is 398 g/mol. The minimum absolute atomic E-state index is 0.499. The molecule has 1 aromatic heterocycles. The Bertz CT molecular complexity index is 593. The number of rotatable bonds is 6. The van der Waals surface area contributed by atoms with E-state index < -0.39 is 0 Å². The number of nitrogens with two attached hydrogens (primary N) is 2. The standard InChI is InChI=1S/C14H21Br2N5/c1-3-5-6-8(4-2)7-21-19-13-9(15)11(17)12(18)10(16)14(13)20-21/h8H,3-7,17-18H2,1-2H3. The third-order valence-corrected chi connectivity index (χ3v) is 5.40. The van der Waals surface area contributed by atoms with Crippen LogP contribution in [-0.4, -0.2) is 15.0 Å². The van der Waals surface area contributed by atoms with Crippen molar-refractivity contribution in [1.82, 2.24) is 15.0 Å². The topological polar surface area (TPSA) is 82.8 Å². The van der Waals surface area contributed by atoms with E-state index in [1.165, 1.54) is 19.3 Å². The maximum Gasteiger partial charge on any atom is 0.130 e. The zero-order valence-corrected chi connectivity index (χ0v) is 15.5. The Hall–Kier alpha value is -0.820. The van der Waals surface area contributed by atoms with Gasteiger partial charge in [0.25, 0.3) is 0 Å². The lowest BCUT2D eigenvalue weighted by Gasteiger charge is -2.12. The molecule has 0 fully saturated rings. The maximum atomic E-state index is 5.97. The number of aromatic nitrogens is 3. The van der Waals surface area contributed by atoms with Crippen LogP contribution in [0.5, 0.6) is 0 Å². The Morgan fingerprint density at radius 1 is 1.05 bits per heavy atom. The highest BCUT2D eigenvalue weighted by Gasteiger charge is 2.18. The summed E-state index contributed by atoms with van der Waals surface area (Å²) >= 11 is 6.93. The summed E-state index contributed by atoms with van der Waals surface area (Å²) in [6.07, 6.45) is 4.80. The van der Waals surface area contributed by atoms with Crippen LogP contribution < -0.4 is 11.5 Å². The average molecular weight is 419 g/mol. The average Bonchev–Trinajstić information content (AvgIpc) is 2.91. The number of fused-ring (bicyclic) bond motifs is 1. The molecule has 2 rings (SSSR count). The van der Waals surface area contributed by atoms with Crippen LogP contribution in [0.2, 0.25) is 0 Å². The minimum Gasteiger partial charge on any atom is -0.396 e. The molecule has 7 heteroatoms. The highest BCUT2D eigenvalue weighted by atomic mass is 79.9. The summed E-state index contributed by atoms with van der Waals surface area (Å²) in [4.78, 5) is 1.77.